The number of para-hydroxylation sites is 1. The maximum atomic E-state index is 10.2. The quantitative estimate of drug-likeness (QED) is 0.264. The van der Waals surface area contributed by atoms with Gasteiger partial charge in [0.05, 0.1) is 6.61 Å². The number of hydrogen-bond donors (Lipinski definition) is 2. The molecule has 1 aliphatic heterocycles. The zero-order valence-corrected chi connectivity index (χ0v) is 20.6. The van der Waals surface area contributed by atoms with Crippen molar-refractivity contribution in [3.8, 4) is 11.5 Å². The van der Waals surface area contributed by atoms with Crippen LogP contribution in [0.25, 0.3) is 0 Å². The molecule has 0 radical (unpaired) electrons. The van der Waals surface area contributed by atoms with E-state index in [0.29, 0.717) is 0 Å². The fourth-order valence-electron chi connectivity index (χ4n) is 5.04. The van der Waals surface area contributed by atoms with Crippen LogP contribution in [0.3, 0.4) is 0 Å². The van der Waals surface area contributed by atoms with Crippen molar-refractivity contribution in [1.82, 2.24) is 0 Å². The zero-order valence-electron chi connectivity index (χ0n) is 20.6. The van der Waals surface area contributed by atoms with E-state index in [0.717, 1.165) is 69.5 Å². The van der Waals surface area contributed by atoms with Gasteiger partial charge < -0.3 is 20.1 Å². The highest BCUT2D eigenvalue weighted by molar-refractivity contribution is 5.71. The van der Waals surface area contributed by atoms with E-state index in [-0.39, 0.29) is 12.5 Å². The number of rotatable bonds is 7. The predicted molar refractivity (Wildman–Crippen MR) is 144 cm³/mol. The SMILES string of the molecule is CCN(CC)c1ccc2c(c1)Oc1cc(C)c(Nc3ccccc3)cc1C2c1ccccc1CO. The Bertz CT molecular complexity index is 1330. The van der Waals surface area contributed by atoms with Crippen LogP contribution in [-0.2, 0) is 6.61 Å². The Morgan fingerprint density at radius 3 is 2.26 bits per heavy atom. The van der Waals surface area contributed by atoms with Gasteiger partial charge >= 0.3 is 0 Å². The van der Waals surface area contributed by atoms with Crippen LogP contribution in [0.15, 0.2) is 84.9 Å². The Kier molecular flexibility index (Phi) is 6.47. The number of fused-ring (bicyclic) bond motifs is 2. The van der Waals surface area contributed by atoms with E-state index in [1.165, 1.54) is 0 Å². The number of hydrogen-bond acceptors (Lipinski definition) is 4. The molecule has 4 nitrogen and oxygen atoms in total. The van der Waals surface area contributed by atoms with Crippen molar-refractivity contribution in [3.63, 3.8) is 0 Å². The van der Waals surface area contributed by atoms with Gasteiger partial charge in [-0.1, -0.05) is 48.5 Å². The fraction of sp³-hybridized carbons (Fsp3) is 0.226. The lowest BCUT2D eigenvalue weighted by atomic mass is 9.80. The molecule has 4 heteroatoms. The molecule has 1 unspecified atom stereocenters. The largest absolute Gasteiger partial charge is 0.457 e. The molecule has 0 spiro atoms. The number of aliphatic hydroxyl groups is 1. The lowest BCUT2D eigenvalue weighted by Gasteiger charge is -2.32. The average Bonchev–Trinajstić information content (AvgIpc) is 2.89. The van der Waals surface area contributed by atoms with E-state index in [4.69, 9.17) is 4.74 Å². The van der Waals surface area contributed by atoms with Gasteiger partial charge in [-0.25, -0.2) is 0 Å². The molecule has 0 aliphatic carbocycles. The van der Waals surface area contributed by atoms with Crippen molar-refractivity contribution in [1.29, 1.82) is 0 Å². The summed E-state index contributed by atoms with van der Waals surface area (Å²) in [7, 11) is 0. The highest BCUT2D eigenvalue weighted by atomic mass is 16.5. The molecule has 35 heavy (non-hydrogen) atoms. The van der Waals surface area contributed by atoms with E-state index in [9.17, 15) is 5.11 Å². The normalized spacial score (nSPS) is 14.0. The number of ether oxygens (including phenoxy) is 1. The lowest BCUT2D eigenvalue weighted by molar-refractivity contribution is 0.280. The van der Waals surface area contributed by atoms with Crippen LogP contribution in [-0.4, -0.2) is 18.2 Å². The smallest absolute Gasteiger partial charge is 0.133 e. The van der Waals surface area contributed by atoms with Crippen LogP contribution in [0.2, 0.25) is 0 Å². The van der Waals surface area contributed by atoms with Gasteiger partial charge in [-0.2, -0.15) is 0 Å². The zero-order chi connectivity index (χ0) is 24.4. The third-order valence-corrected chi connectivity index (χ3v) is 6.91. The maximum Gasteiger partial charge on any atom is 0.133 e. The van der Waals surface area contributed by atoms with Gasteiger partial charge in [0.1, 0.15) is 11.5 Å². The van der Waals surface area contributed by atoms with E-state index >= 15 is 0 Å². The van der Waals surface area contributed by atoms with Gasteiger partial charge in [0.15, 0.2) is 0 Å². The molecule has 4 aromatic rings. The molecule has 5 rings (SSSR count). The summed E-state index contributed by atoms with van der Waals surface area (Å²) in [5.41, 5.74) is 8.61. The lowest BCUT2D eigenvalue weighted by Crippen LogP contribution is -2.22. The van der Waals surface area contributed by atoms with Gasteiger partial charge in [0.2, 0.25) is 0 Å². The van der Waals surface area contributed by atoms with Crippen LogP contribution in [0.5, 0.6) is 11.5 Å². The van der Waals surface area contributed by atoms with Crippen LogP contribution >= 0.6 is 0 Å². The topological polar surface area (TPSA) is 44.7 Å². The molecule has 1 atom stereocenters. The van der Waals surface area contributed by atoms with Crippen molar-refractivity contribution >= 4 is 17.1 Å². The standard InChI is InChI=1S/C31H32N2O2/c1-4-33(5-2)24-15-16-26-30(18-24)35-29-17-21(3)28(32-23-12-7-6-8-13-23)19-27(29)31(26)25-14-10-9-11-22(25)20-34/h6-19,31-32,34H,4-5,20H2,1-3H3. The summed E-state index contributed by atoms with van der Waals surface area (Å²) in [6.45, 7) is 8.32. The molecule has 0 saturated heterocycles. The number of nitrogens with one attached hydrogen (secondary N) is 1. The number of aliphatic hydroxyl groups excluding tert-OH is 1. The highest BCUT2D eigenvalue weighted by Gasteiger charge is 2.31. The Morgan fingerprint density at radius 1 is 0.800 bits per heavy atom. The summed E-state index contributed by atoms with van der Waals surface area (Å²) in [4.78, 5) is 2.33. The molecule has 1 heterocycles. The van der Waals surface area contributed by atoms with Crippen LogP contribution in [0.4, 0.5) is 17.1 Å². The number of anilines is 3. The molecule has 0 fully saturated rings. The molecule has 0 saturated carbocycles. The molecule has 0 bridgehead atoms. The summed E-state index contributed by atoms with van der Waals surface area (Å²) in [6, 6.07) is 29.2. The van der Waals surface area contributed by atoms with Gasteiger partial charge in [-0.15, -0.1) is 0 Å². The maximum absolute atomic E-state index is 10.2. The molecule has 1 aliphatic rings. The average molecular weight is 465 g/mol. The van der Waals surface area contributed by atoms with Crippen LogP contribution < -0.4 is 15.0 Å². The molecule has 4 aromatic carbocycles. The summed E-state index contributed by atoms with van der Waals surface area (Å²) in [5.74, 6) is 1.70. The third kappa shape index (κ3) is 4.38. The molecule has 0 aromatic heterocycles. The van der Waals surface area contributed by atoms with Gasteiger partial charge in [-0.3, -0.25) is 0 Å². The number of benzene rings is 4. The van der Waals surface area contributed by atoms with Crippen molar-refractivity contribution in [2.75, 3.05) is 23.3 Å². The Morgan fingerprint density at radius 2 is 1.51 bits per heavy atom. The highest BCUT2D eigenvalue weighted by Crippen LogP contribution is 2.50. The van der Waals surface area contributed by atoms with Crippen molar-refractivity contribution in [3.05, 3.63) is 113 Å². The summed E-state index contributed by atoms with van der Waals surface area (Å²) in [6.07, 6.45) is 0. The number of aryl methyl sites for hydroxylation is 1. The number of nitrogens with zero attached hydrogens (tertiary/aromatic N) is 1. The van der Waals surface area contributed by atoms with E-state index in [1.54, 1.807) is 0 Å². The van der Waals surface area contributed by atoms with E-state index in [1.807, 2.05) is 36.4 Å². The van der Waals surface area contributed by atoms with E-state index in [2.05, 4.69) is 79.5 Å². The Balaban J connectivity index is 1.67. The fourth-order valence-corrected chi connectivity index (χ4v) is 5.04. The second-order valence-electron chi connectivity index (χ2n) is 8.98. The van der Waals surface area contributed by atoms with Gasteiger partial charge in [0.25, 0.3) is 0 Å². The second-order valence-corrected chi connectivity index (χ2v) is 8.98. The molecular weight excluding hydrogens is 432 g/mol. The monoisotopic (exact) mass is 464 g/mol. The van der Waals surface area contributed by atoms with Crippen LogP contribution in [0.1, 0.15) is 47.6 Å². The Hall–Kier alpha value is -3.76. The molecule has 0 amide bonds. The van der Waals surface area contributed by atoms with Crippen molar-refractivity contribution in [2.45, 2.75) is 33.3 Å². The first kappa shape index (κ1) is 23.0. The minimum atomic E-state index is -0.0419. The first-order valence-corrected chi connectivity index (χ1v) is 12.3. The minimum absolute atomic E-state index is 0.00326. The summed E-state index contributed by atoms with van der Waals surface area (Å²) in [5, 5.41) is 13.7. The van der Waals surface area contributed by atoms with Crippen molar-refractivity contribution < 1.29 is 9.84 Å². The van der Waals surface area contributed by atoms with Crippen LogP contribution in [0, 0.1) is 6.92 Å². The third-order valence-electron chi connectivity index (χ3n) is 6.91. The van der Waals surface area contributed by atoms with Crippen molar-refractivity contribution in [2.24, 2.45) is 0 Å². The molecule has 2 N–H and O–H groups in total. The van der Waals surface area contributed by atoms with E-state index < -0.39 is 0 Å². The predicted octanol–water partition coefficient (Wildman–Crippen LogP) is 7.36. The van der Waals surface area contributed by atoms with Gasteiger partial charge in [-0.05, 0) is 67.8 Å². The second kappa shape index (κ2) is 9.85. The first-order valence-electron chi connectivity index (χ1n) is 12.3. The summed E-state index contributed by atoms with van der Waals surface area (Å²) >= 11 is 0. The first-order chi connectivity index (χ1) is 17.1. The Labute approximate surface area is 207 Å². The molecule has 178 valence electrons. The minimum Gasteiger partial charge on any atom is -0.457 e. The summed E-state index contributed by atoms with van der Waals surface area (Å²) < 4.78 is 6.55. The molecular formula is C31H32N2O2. The van der Waals surface area contributed by atoms with Gasteiger partial charge in [0, 0.05) is 53.3 Å².